The summed E-state index contributed by atoms with van der Waals surface area (Å²) in [4.78, 5) is 10.7. The molecular formula is C26H28F2N2O3. The predicted octanol–water partition coefficient (Wildman–Crippen LogP) is 6.10. The summed E-state index contributed by atoms with van der Waals surface area (Å²) in [5.41, 5.74) is 3.93. The molecule has 1 N–H and O–H groups in total. The molecule has 1 fully saturated rings. The lowest BCUT2D eigenvalue weighted by molar-refractivity contribution is -0.136. The lowest BCUT2D eigenvalue weighted by Crippen LogP contribution is -2.08. The maximum absolute atomic E-state index is 14.5. The number of hydrogen-bond donors (Lipinski definition) is 1. The summed E-state index contributed by atoms with van der Waals surface area (Å²) in [6, 6.07) is 12.4. The second kappa shape index (κ2) is 10.1. The Morgan fingerprint density at radius 3 is 2.39 bits per heavy atom. The van der Waals surface area contributed by atoms with E-state index in [4.69, 9.17) is 9.84 Å². The number of carboxylic acid groups (broad SMARTS) is 1. The number of ether oxygens (including phenoxy) is 1. The number of halogens is 2. The van der Waals surface area contributed by atoms with Crippen LogP contribution < -0.4 is 4.74 Å². The fourth-order valence-electron chi connectivity index (χ4n) is 4.50. The van der Waals surface area contributed by atoms with Crippen LogP contribution in [0, 0.1) is 18.6 Å². The first kappa shape index (κ1) is 23.0. The molecule has 1 aliphatic rings. The lowest BCUT2D eigenvalue weighted by Gasteiger charge is -2.22. The van der Waals surface area contributed by atoms with Crippen molar-refractivity contribution >= 4 is 5.97 Å². The normalized spacial score (nSPS) is 14.4. The molecule has 33 heavy (non-hydrogen) atoms. The van der Waals surface area contributed by atoms with Crippen molar-refractivity contribution in [1.82, 2.24) is 9.78 Å². The third kappa shape index (κ3) is 5.59. The Morgan fingerprint density at radius 2 is 1.76 bits per heavy atom. The highest BCUT2D eigenvalue weighted by Crippen LogP contribution is 2.33. The van der Waals surface area contributed by atoms with Crippen LogP contribution in [-0.2, 0) is 17.8 Å². The van der Waals surface area contributed by atoms with Gasteiger partial charge in [-0.2, -0.15) is 5.10 Å². The summed E-state index contributed by atoms with van der Waals surface area (Å²) in [6.07, 6.45) is 6.18. The van der Waals surface area contributed by atoms with Gasteiger partial charge in [0.25, 0.3) is 0 Å². The van der Waals surface area contributed by atoms with E-state index in [1.54, 1.807) is 4.68 Å². The first-order valence-corrected chi connectivity index (χ1v) is 11.4. The Bertz CT molecular complexity index is 1100. The molecule has 1 heterocycles. The van der Waals surface area contributed by atoms with Gasteiger partial charge in [-0.1, -0.05) is 31.4 Å². The Hall–Kier alpha value is -3.22. The monoisotopic (exact) mass is 454 g/mol. The molecule has 1 saturated carbocycles. The van der Waals surface area contributed by atoms with Gasteiger partial charge in [-0.25, -0.2) is 13.5 Å². The van der Waals surface area contributed by atoms with E-state index in [-0.39, 0.29) is 25.0 Å². The zero-order valence-corrected chi connectivity index (χ0v) is 18.7. The van der Waals surface area contributed by atoms with Crippen molar-refractivity contribution in [1.29, 1.82) is 0 Å². The first-order valence-electron chi connectivity index (χ1n) is 11.4. The Morgan fingerprint density at radius 1 is 1.09 bits per heavy atom. The number of benzene rings is 2. The molecule has 5 nitrogen and oxygen atoms in total. The molecule has 0 unspecified atom stereocenters. The van der Waals surface area contributed by atoms with Crippen molar-refractivity contribution in [2.24, 2.45) is 0 Å². The molecule has 174 valence electrons. The highest BCUT2D eigenvalue weighted by atomic mass is 19.1. The van der Waals surface area contributed by atoms with Gasteiger partial charge in [0.1, 0.15) is 6.61 Å². The number of nitrogens with zero attached hydrogens (tertiary/aromatic N) is 2. The van der Waals surface area contributed by atoms with Crippen molar-refractivity contribution in [2.75, 3.05) is 0 Å². The number of rotatable bonds is 8. The van der Waals surface area contributed by atoms with E-state index < -0.39 is 23.4 Å². The molecule has 7 heteroatoms. The summed E-state index contributed by atoms with van der Waals surface area (Å²) >= 11 is 0. The van der Waals surface area contributed by atoms with E-state index in [1.165, 1.54) is 37.7 Å². The number of carbonyl (C=O) groups is 1. The number of hydrogen-bond acceptors (Lipinski definition) is 3. The molecular weight excluding hydrogens is 426 g/mol. The van der Waals surface area contributed by atoms with Crippen LogP contribution >= 0.6 is 0 Å². The quantitative estimate of drug-likeness (QED) is 0.447. The zero-order chi connectivity index (χ0) is 23.4. The van der Waals surface area contributed by atoms with Gasteiger partial charge >= 0.3 is 5.97 Å². The highest BCUT2D eigenvalue weighted by Gasteiger charge is 2.18. The second-order valence-electron chi connectivity index (χ2n) is 8.69. The van der Waals surface area contributed by atoms with Gasteiger partial charge < -0.3 is 9.84 Å². The van der Waals surface area contributed by atoms with E-state index >= 15 is 0 Å². The molecule has 0 saturated heterocycles. The molecule has 0 amide bonds. The fraction of sp³-hybridized carbons (Fsp3) is 0.385. The van der Waals surface area contributed by atoms with Crippen molar-refractivity contribution in [3.05, 3.63) is 76.6 Å². The Balaban J connectivity index is 1.49. The van der Waals surface area contributed by atoms with Gasteiger partial charge in [0.2, 0.25) is 0 Å². The van der Waals surface area contributed by atoms with Crippen LogP contribution in [0.3, 0.4) is 0 Å². The molecule has 1 aromatic heterocycles. The highest BCUT2D eigenvalue weighted by molar-refractivity contribution is 5.67. The van der Waals surface area contributed by atoms with Crippen molar-refractivity contribution in [2.45, 2.75) is 64.4 Å². The maximum atomic E-state index is 14.5. The van der Waals surface area contributed by atoms with Crippen LogP contribution in [0.1, 0.15) is 67.0 Å². The van der Waals surface area contributed by atoms with Crippen LogP contribution in [0.25, 0.3) is 5.69 Å². The fourth-order valence-corrected chi connectivity index (χ4v) is 4.50. The Kier molecular flexibility index (Phi) is 7.06. The molecule has 0 bridgehead atoms. The molecule has 4 rings (SSSR count). The summed E-state index contributed by atoms with van der Waals surface area (Å²) in [7, 11) is 0. The third-order valence-corrected chi connectivity index (χ3v) is 6.17. The van der Waals surface area contributed by atoms with Crippen LogP contribution in [0.4, 0.5) is 8.78 Å². The van der Waals surface area contributed by atoms with Gasteiger partial charge in [-0.3, -0.25) is 4.79 Å². The van der Waals surface area contributed by atoms with Crippen molar-refractivity contribution in [3.63, 3.8) is 0 Å². The van der Waals surface area contributed by atoms with Crippen LogP contribution in [0.15, 0.2) is 42.5 Å². The molecule has 0 atom stereocenters. The number of aliphatic carboxylic acids is 1. The topological polar surface area (TPSA) is 64.3 Å². The second-order valence-corrected chi connectivity index (χ2v) is 8.69. The van der Waals surface area contributed by atoms with Crippen LogP contribution in [0.2, 0.25) is 0 Å². The Labute approximate surface area is 192 Å². The van der Waals surface area contributed by atoms with Gasteiger partial charge in [0.15, 0.2) is 17.4 Å². The van der Waals surface area contributed by atoms with Crippen LogP contribution in [-0.4, -0.2) is 20.9 Å². The third-order valence-electron chi connectivity index (χ3n) is 6.17. The summed E-state index contributed by atoms with van der Waals surface area (Å²) in [5, 5.41) is 13.3. The van der Waals surface area contributed by atoms with Gasteiger partial charge in [0, 0.05) is 6.42 Å². The van der Waals surface area contributed by atoms with E-state index in [1.807, 2.05) is 25.1 Å². The van der Waals surface area contributed by atoms with E-state index in [0.29, 0.717) is 11.6 Å². The molecule has 0 spiro atoms. The molecule has 1 aliphatic carbocycles. The average Bonchev–Trinajstić information content (AvgIpc) is 3.18. The molecule has 2 aromatic carbocycles. The van der Waals surface area contributed by atoms with Crippen molar-refractivity contribution in [3.8, 4) is 11.4 Å². The van der Waals surface area contributed by atoms with Crippen molar-refractivity contribution < 1.29 is 23.4 Å². The van der Waals surface area contributed by atoms with E-state index in [9.17, 15) is 13.6 Å². The average molecular weight is 455 g/mol. The summed E-state index contributed by atoms with van der Waals surface area (Å²) in [6.45, 7) is 1.79. The standard InChI is InChI=1S/C26H28F2N2O3/c1-17-13-22(16-33-26-23(27)14-18(15-24(26)28)7-12-25(31)32)30(29-17)21-10-8-20(9-11-21)19-5-3-2-4-6-19/h8-11,13-15,19H,2-7,12,16H2,1H3,(H,31,32). The first-order chi connectivity index (χ1) is 15.9. The number of aromatic nitrogens is 2. The van der Waals surface area contributed by atoms with Crippen LogP contribution in [0.5, 0.6) is 5.75 Å². The van der Waals surface area contributed by atoms with Gasteiger partial charge in [-0.15, -0.1) is 0 Å². The minimum absolute atomic E-state index is 0.0479. The zero-order valence-electron chi connectivity index (χ0n) is 18.7. The summed E-state index contributed by atoms with van der Waals surface area (Å²) in [5.74, 6) is -2.59. The minimum atomic E-state index is -1.02. The molecule has 0 aliphatic heterocycles. The predicted molar refractivity (Wildman–Crippen MR) is 121 cm³/mol. The van der Waals surface area contributed by atoms with E-state index in [0.717, 1.165) is 23.5 Å². The lowest BCUT2D eigenvalue weighted by atomic mass is 9.84. The molecule has 0 radical (unpaired) electrons. The SMILES string of the molecule is Cc1cc(COc2c(F)cc(CCC(=O)O)cc2F)n(-c2ccc(C3CCCCC3)cc2)n1. The minimum Gasteiger partial charge on any atom is -0.481 e. The number of aryl methyl sites for hydroxylation is 2. The summed E-state index contributed by atoms with van der Waals surface area (Å²) < 4.78 is 36.1. The maximum Gasteiger partial charge on any atom is 0.303 e. The smallest absolute Gasteiger partial charge is 0.303 e. The van der Waals surface area contributed by atoms with Gasteiger partial charge in [0.05, 0.1) is 17.1 Å². The molecule has 3 aromatic rings. The number of carboxylic acids is 1. The largest absolute Gasteiger partial charge is 0.481 e. The van der Waals surface area contributed by atoms with E-state index in [2.05, 4.69) is 17.2 Å². The van der Waals surface area contributed by atoms with Gasteiger partial charge in [-0.05, 0) is 73.6 Å².